The van der Waals surface area contributed by atoms with Crippen LogP contribution in [0.15, 0.2) is 0 Å². The zero-order valence-electron chi connectivity index (χ0n) is 13.9. The summed E-state index contributed by atoms with van der Waals surface area (Å²) in [5, 5.41) is 2.84. The minimum atomic E-state index is -3.02. The van der Waals surface area contributed by atoms with E-state index in [1.807, 2.05) is 13.8 Å². The number of hydrogen-bond acceptors (Lipinski definition) is 3. The van der Waals surface area contributed by atoms with Gasteiger partial charge in [0.25, 0.3) is 0 Å². The van der Waals surface area contributed by atoms with Gasteiger partial charge in [-0.15, -0.1) is 0 Å². The molecule has 1 saturated carbocycles. The molecule has 2 fully saturated rings. The Morgan fingerprint density at radius 2 is 1.68 bits per heavy atom. The molecule has 2 amide bonds. The Kier molecular flexibility index (Phi) is 6.12. The lowest BCUT2D eigenvalue weighted by Gasteiger charge is -2.34. The molecule has 128 valence electrons. The molecule has 6 heteroatoms. The lowest BCUT2D eigenvalue weighted by Crippen LogP contribution is -2.50. The Bertz CT molecular complexity index is 462. The van der Waals surface area contributed by atoms with Crippen LogP contribution in [0.1, 0.15) is 58.8 Å². The minimum absolute atomic E-state index is 0.00777. The van der Waals surface area contributed by atoms with Gasteiger partial charge in [0, 0.05) is 19.1 Å². The van der Waals surface area contributed by atoms with Crippen molar-refractivity contribution in [2.24, 2.45) is 5.92 Å². The predicted octanol–water partition coefficient (Wildman–Crippen LogP) is 2.56. The van der Waals surface area contributed by atoms with E-state index in [1.54, 1.807) is 4.90 Å². The number of nitrogens with zero attached hydrogens (tertiary/aromatic N) is 1. The summed E-state index contributed by atoms with van der Waals surface area (Å²) in [5.41, 5.74) is 0. The van der Waals surface area contributed by atoms with Gasteiger partial charge >= 0.3 is 6.03 Å². The largest absolute Gasteiger partial charge is 0.335 e. The molecule has 1 aliphatic heterocycles. The second kappa shape index (κ2) is 7.66. The van der Waals surface area contributed by atoms with Crippen LogP contribution in [-0.4, -0.2) is 49.5 Å². The highest BCUT2D eigenvalue weighted by Gasteiger charge is 2.32. The molecule has 1 aliphatic carbocycles. The van der Waals surface area contributed by atoms with E-state index in [4.69, 9.17) is 0 Å². The van der Waals surface area contributed by atoms with Gasteiger partial charge in [-0.3, -0.25) is 0 Å². The molecule has 1 saturated heterocycles. The minimum Gasteiger partial charge on any atom is -0.335 e. The van der Waals surface area contributed by atoms with Crippen molar-refractivity contribution < 1.29 is 13.2 Å². The number of urea groups is 1. The van der Waals surface area contributed by atoms with E-state index in [9.17, 15) is 13.2 Å². The monoisotopic (exact) mass is 330 g/mol. The lowest BCUT2D eigenvalue weighted by molar-refractivity contribution is 0.179. The first-order valence-electron chi connectivity index (χ1n) is 8.65. The van der Waals surface area contributed by atoms with E-state index in [1.165, 1.54) is 19.3 Å². The fraction of sp³-hybridized carbons (Fsp3) is 0.938. The maximum Gasteiger partial charge on any atom is 0.317 e. The quantitative estimate of drug-likeness (QED) is 0.861. The van der Waals surface area contributed by atoms with Gasteiger partial charge < -0.3 is 10.2 Å². The van der Waals surface area contributed by atoms with Gasteiger partial charge in [-0.2, -0.15) is 0 Å². The highest BCUT2D eigenvalue weighted by Crippen LogP contribution is 2.21. The van der Waals surface area contributed by atoms with E-state index < -0.39 is 9.84 Å². The van der Waals surface area contributed by atoms with Crippen LogP contribution in [0.5, 0.6) is 0 Å². The Labute approximate surface area is 134 Å². The molecule has 0 aromatic carbocycles. The summed E-state index contributed by atoms with van der Waals surface area (Å²) in [4.78, 5) is 14.1. The van der Waals surface area contributed by atoms with Gasteiger partial charge in [0.15, 0.2) is 9.84 Å². The van der Waals surface area contributed by atoms with Gasteiger partial charge in [0.1, 0.15) is 0 Å². The zero-order chi connectivity index (χ0) is 16.2. The van der Waals surface area contributed by atoms with E-state index in [-0.39, 0.29) is 23.0 Å². The van der Waals surface area contributed by atoms with Crippen molar-refractivity contribution in [3.63, 3.8) is 0 Å². The van der Waals surface area contributed by atoms with Crippen LogP contribution < -0.4 is 5.32 Å². The van der Waals surface area contributed by atoms with Gasteiger partial charge in [0.2, 0.25) is 0 Å². The number of carbonyl (C=O) groups is 1. The molecule has 0 bridgehead atoms. The number of amides is 2. The van der Waals surface area contributed by atoms with Crippen molar-refractivity contribution in [2.45, 2.75) is 70.1 Å². The van der Waals surface area contributed by atoms with Crippen LogP contribution in [0.25, 0.3) is 0 Å². The average Bonchev–Trinajstić information content (AvgIpc) is 2.47. The molecule has 0 aromatic rings. The third kappa shape index (κ3) is 4.86. The lowest BCUT2D eigenvalue weighted by atomic mass is 9.96. The third-order valence-corrected chi connectivity index (χ3v) is 7.35. The smallest absolute Gasteiger partial charge is 0.317 e. The van der Waals surface area contributed by atoms with Gasteiger partial charge in [-0.1, -0.05) is 33.1 Å². The molecule has 2 rings (SSSR count). The predicted molar refractivity (Wildman–Crippen MR) is 88.6 cm³/mol. The summed E-state index contributed by atoms with van der Waals surface area (Å²) in [6.07, 6.45) is 6.96. The molecular weight excluding hydrogens is 300 g/mol. The molecule has 0 radical (unpaired) electrons. The summed E-state index contributed by atoms with van der Waals surface area (Å²) in [5.74, 6) is 0.420. The van der Waals surface area contributed by atoms with E-state index in [0.717, 1.165) is 12.8 Å². The number of hydrogen-bond donors (Lipinski definition) is 1. The average molecular weight is 330 g/mol. The SMILES string of the molecule is CC(C)CS(=O)(=O)C1CCN(C(=O)NC2CCCCC2)CC1. The molecule has 0 aromatic heterocycles. The summed E-state index contributed by atoms with van der Waals surface area (Å²) < 4.78 is 24.5. The summed E-state index contributed by atoms with van der Waals surface area (Å²) in [7, 11) is -3.02. The van der Waals surface area contributed by atoms with Crippen molar-refractivity contribution in [3.8, 4) is 0 Å². The molecule has 0 spiro atoms. The Balaban J connectivity index is 1.80. The first-order chi connectivity index (χ1) is 10.4. The van der Waals surface area contributed by atoms with Crippen LogP contribution in [-0.2, 0) is 9.84 Å². The summed E-state index contributed by atoms with van der Waals surface area (Å²) >= 11 is 0. The van der Waals surface area contributed by atoms with E-state index >= 15 is 0 Å². The van der Waals surface area contributed by atoms with Crippen molar-refractivity contribution in [1.29, 1.82) is 0 Å². The number of carbonyl (C=O) groups excluding carboxylic acids is 1. The van der Waals surface area contributed by atoms with Crippen LogP contribution in [0.3, 0.4) is 0 Å². The Morgan fingerprint density at radius 3 is 2.23 bits per heavy atom. The number of piperidine rings is 1. The fourth-order valence-electron chi connectivity index (χ4n) is 3.53. The molecule has 1 N–H and O–H groups in total. The van der Waals surface area contributed by atoms with Crippen LogP contribution >= 0.6 is 0 Å². The maximum absolute atomic E-state index is 12.3. The molecular formula is C16H30N2O3S. The van der Waals surface area contributed by atoms with Crippen molar-refractivity contribution in [2.75, 3.05) is 18.8 Å². The second-order valence-corrected chi connectivity index (χ2v) is 9.52. The molecule has 2 aliphatic rings. The normalized spacial score (nSPS) is 22.0. The molecule has 0 atom stereocenters. The van der Waals surface area contributed by atoms with Crippen molar-refractivity contribution in [1.82, 2.24) is 10.2 Å². The van der Waals surface area contributed by atoms with Crippen molar-refractivity contribution in [3.05, 3.63) is 0 Å². The molecule has 22 heavy (non-hydrogen) atoms. The number of rotatable bonds is 4. The Morgan fingerprint density at radius 1 is 1.09 bits per heavy atom. The number of likely N-dealkylation sites (tertiary alicyclic amines) is 1. The molecule has 0 unspecified atom stereocenters. The van der Waals surface area contributed by atoms with Gasteiger partial charge in [-0.05, 0) is 31.6 Å². The highest BCUT2D eigenvalue weighted by molar-refractivity contribution is 7.92. The van der Waals surface area contributed by atoms with Crippen LogP contribution in [0.2, 0.25) is 0 Å². The number of nitrogens with one attached hydrogen (secondary N) is 1. The fourth-order valence-corrected chi connectivity index (χ4v) is 5.66. The zero-order valence-corrected chi connectivity index (χ0v) is 14.7. The van der Waals surface area contributed by atoms with Gasteiger partial charge in [-0.25, -0.2) is 13.2 Å². The third-order valence-electron chi connectivity index (χ3n) is 4.74. The first-order valence-corrected chi connectivity index (χ1v) is 10.4. The molecule has 5 nitrogen and oxygen atoms in total. The van der Waals surface area contributed by atoms with Crippen molar-refractivity contribution >= 4 is 15.9 Å². The maximum atomic E-state index is 12.3. The first kappa shape index (κ1) is 17.6. The van der Waals surface area contributed by atoms with Crippen LogP contribution in [0, 0.1) is 5.92 Å². The summed E-state index contributed by atoms with van der Waals surface area (Å²) in [6, 6.07) is 0.301. The summed E-state index contributed by atoms with van der Waals surface area (Å²) in [6.45, 7) is 4.98. The van der Waals surface area contributed by atoms with Crippen LogP contribution in [0.4, 0.5) is 4.79 Å². The molecule has 1 heterocycles. The Hall–Kier alpha value is -0.780. The van der Waals surface area contributed by atoms with E-state index in [2.05, 4.69) is 5.32 Å². The second-order valence-electron chi connectivity index (χ2n) is 7.19. The number of sulfone groups is 1. The van der Waals surface area contributed by atoms with Gasteiger partial charge in [0.05, 0.1) is 11.0 Å². The topological polar surface area (TPSA) is 66.5 Å². The van der Waals surface area contributed by atoms with E-state index in [0.29, 0.717) is 32.0 Å². The highest BCUT2D eigenvalue weighted by atomic mass is 32.2. The standard InChI is InChI=1S/C16H30N2O3S/c1-13(2)12-22(20,21)15-8-10-18(11-9-15)16(19)17-14-6-4-3-5-7-14/h13-15H,3-12H2,1-2H3,(H,17,19).